The molecule has 0 unspecified atom stereocenters. The van der Waals surface area contributed by atoms with Gasteiger partial charge in [-0.15, -0.1) is 6.58 Å². The van der Waals surface area contributed by atoms with E-state index in [1.165, 1.54) is 39.8 Å². The van der Waals surface area contributed by atoms with E-state index >= 15 is 0 Å². The highest BCUT2D eigenvalue weighted by Crippen LogP contribution is 2.75. The number of nitrogens with two attached hydrogens (primary N) is 1. The lowest BCUT2D eigenvalue weighted by Crippen LogP contribution is -2.45. The molecule has 0 aromatic rings. The summed E-state index contributed by atoms with van der Waals surface area (Å²) in [5.41, 5.74) is 5.80. The van der Waals surface area contributed by atoms with E-state index in [1.807, 2.05) is 6.08 Å². The number of hydrogen-bond donors (Lipinski definition) is 1. The van der Waals surface area contributed by atoms with Crippen LogP contribution in [0.1, 0.15) is 40.0 Å². The van der Waals surface area contributed by atoms with E-state index in [0.29, 0.717) is 5.41 Å². The number of nitrogens with zero attached hydrogens (tertiary/aromatic N) is 2. The standard InChI is InChI=1S/C10H18N2.C7H14.CH5N/c1-11-2-4-12(5-3-11)8-10-6-9(10)7-10;1-5-6-7(2,3)4;1-2/h9H,2-8H2,1H3;5H,1,6H2,2-4H3;2H2,1H3. The quantitative estimate of drug-likeness (QED) is 0.813. The van der Waals surface area contributed by atoms with Crippen LogP contribution in [-0.4, -0.2) is 56.6 Å². The first-order chi connectivity index (χ1) is 9.85. The maximum Gasteiger partial charge on any atom is 0.0110 e. The Kier molecular flexibility index (Phi) is 6.89. The minimum absolute atomic E-state index is 0.432. The van der Waals surface area contributed by atoms with Crippen molar-refractivity contribution in [1.82, 2.24) is 9.80 Å². The molecule has 0 bridgehead atoms. The first-order valence-corrected chi connectivity index (χ1v) is 8.44. The Morgan fingerprint density at radius 1 is 1.14 bits per heavy atom. The minimum atomic E-state index is 0.432. The Labute approximate surface area is 132 Å². The summed E-state index contributed by atoms with van der Waals surface area (Å²) in [6.45, 7) is 16.9. The van der Waals surface area contributed by atoms with Gasteiger partial charge in [-0.2, -0.15) is 0 Å². The Hall–Kier alpha value is -0.380. The summed E-state index contributed by atoms with van der Waals surface area (Å²) in [5.74, 6) is 1.16. The van der Waals surface area contributed by atoms with Gasteiger partial charge >= 0.3 is 0 Å². The molecule has 21 heavy (non-hydrogen) atoms. The van der Waals surface area contributed by atoms with Crippen LogP contribution in [0.2, 0.25) is 0 Å². The van der Waals surface area contributed by atoms with Gasteiger partial charge in [-0.3, -0.25) is 0 Å². The molecule has 0 aromatic heterocycles. The van der Waals surface area contributed by atoms with E-state index in [2.05, 4.69) is 49.9 Å². The van der Waals surface area contributed by atoms with Gasteiger partial charge in [-0.25, -0.2) is 0 Å². The normalized spacial score (nSPS) is 31.0. The lowest BCUT2D eigenvalue weighted by molar-refractivity contribution is 0.141. The van der Waals surface area contributed by atoms with E-state index in [-0.39, 0.29) is 0 Å². The van der Waals surface area contributed by atoms with Crippen LogP contribution < -0.4 is 5.73 Å². The third-order valence-electron chi connectivity index (χ3n) is 4.74. The summed E-state index contributed by atoms with van der Waals surface area (Å²) in [6, 6.07) is 0. The Morgan fingerprint density at radius 3 is 1.90 bits per heavy atom. The second-order valence-corrected chi connectivity index (χ2v) is 8.10. The van der Waals surface area contributed by atoms with Gasteiger partial charge in [0.1, 0.15) is 0 Å². The molecule has 3 aliphatic rings. The summed E-state index contributed by atoms with van der Waals surface area (Å²) in [7, 11) is 3.73. The van der Waals surface area contributed by atoms with Crippen LogP contribution in [-0.2, 0) is 0 Å². The van der Waals surface area contributed by atoms with Crippen molar-refractivity contribution in [3.63, 3.8) is 0 Å². The van der Waals surface area contributed by atoms with Gasteiger partial charge in [0.25, 0.3) is 0 Å². The monoisotopic (exact) mass is 295 g/mol. The van der Waals surface area contributed by atoms with E-state index in [1.54, 1.807) is 12.8 Å². The molecule has 0 spiro atoms. The van der Waals surface area contributed by atoms with Crippen molar-refractivity contribution >= 4 is 0 Å². The first-order valence-electron chi connectivity index (χ1n) is 8.44. The molecule has 1 aliphatic heterocycles. The SMILES string of the molecule is C=CCC(C)(C)C.CN.CN1CCN(CC23CC2C3)CC1. The van der Waals surface area contributed by atoms with E-state index in [4.69, 9.17) is 0 Å². The molecule has 0 aromatic carbocycles. The maximum atomic E-state index is 4.50. The van der Waals surface area contributed by atoms with Crippen LogP contribution in [0.5, 0.6) is 0 Å². The molecule has 2 aliphatic carbocycles. The zero-order valence-electron chi connectivity index (χ0n) is 15.0. The zero-order chi connectivity index (χ0) is 16.1. The van der Waals surface area contributed by atoms with Gasteiger partial charge < -0.3 is 15.5 Å². The van der Waals surface area contributed by atoms with Crippen LogP contribution in [0.15, 0.2) is 12.7 Å². The number of piperazine rings is 1. The molecule has 3 heteroatoms. The van der Waals surface area contributed by atoms with Crippen molar-refractivity contribution in [2.45, 2.75) is 40.0 Å². The van der Waals surface area contributed by atoms with Crippen molar-refractivity contribution in [1.29, 1.82) is 0 Å². The van der Waals surface area contributed by atoms with Gasteiger partial charge in [0.2, 0.25) is 0 Å². The molecule has 0 amide bonds. The van der Waals surface area contributed by atoms with Gasteiger partial charge in [-0.05, 0) is 50.1 Å². The predicted octanol–water partition coefficient (Wildman–Crippen LogP) is 2.83. The third-order valence-corrected chi connectivity index (χ3v) is 4.74. The molecular weight excluding hydrogens is 258 g/mol. The third kappa shape index (κ3) is 6.50. The molecule has 3 nitrogen and oxygen atoms in total. The Bertz CT molecular complexity index is 305. The molecule has 3 rings (SSSR count). The minimum Gasteiger partial charge on any atom is -0.333 e. The molecule has 1 saturated heterocycles. The van der Waals surface area contributed by atoms with Crippen LogP contribution in [0.3, 0.4) is 0 Å². The predicted molar refractivity (Wildman–Crippen MR) is 93.5 cm³/mol. The van der Waals surface area contributed by atoms with Crippen molar-refractivity contribution in [2.24, 2.45) is 22.5 Å². The average Bonchev–Trinajstić information content (AvgIpc) is 3.24. The topological polar surface area (TPSA) is 32.5 Å². The molecule has 2 saturated carbocycles. The first kappa shape index (κ1) is 18.7. The lowest BCUT2D eigenvalue weighted by atomic mass is 9.93. The number of likely N-dealkylation sites (N-methyl/N-ethyl adjacent to an activating group) is 1. The summed E-state index contributed by atoms with van der Waals surface area (Å²) in [5, 5.41) is 0. The highest BCUT2D eigenvalue weighted by atomic mass is 15.3. The summed E-state index contributed by atoms with van der Waals surface area (Å²) in [6.07, 6.45) is 6.17. The van der Waals surface area contributed by atoms with Crippen molar-refractivity contribution in [2.75, 3.05) is 46.8 Å². The number of hydrogen-bond acceptors (Lipinski definition) is 3. The number of rotatable bonds is 3. The molecule has 0 atom stereocenters. The fourth-order valence-corrected chi connectivity index (χ4v) is 2.95. The maximum absolute atomic E-state index is 4.50. The van der Waals surface area contributed by atoms with Crippen molar-refractivity contribution in [3.05, 3.63) is 12.7 Å². The van der Waals surface area contributed by atoms with Crippen LogP contribution in [0.25, 0.3) is 0 Å². The Balaban J connectivity index is 0.000000214. The summed E-state index contributed by atoms with van der Waals surface area (Å²) >= 11 is 0. The summed E-state index contributed by atoms with van der Waals surface area (Å²) < 4.78 is 0. The zero-order valence-corrected chi connectivity index (χ0v) is 15.0. The van der Waals surface area contributed by atoms with Gasteiger partial charge in [-0.1, -0.05) is 26.8 Å². The van der Waals surface area contributed by atoms with E-state index in [9.17, 15) is 0 Å². The molecule has 2 N–H and O–H groups in total. The molecule has 0 radical (unpaired) electrons. The van der Waals surface area contributed by atoms with Crippen molar-refractivity contribution in [3.8, 4) is 0 Å². The van der Waals surface area contributed by atoms with Gasteiger partial charge in [0.15, 0.2) is 0 Å². The highest BCUT2D eigenvalue weighted by molar-refractivity contribution is 5.19. The largest absolute Gasteiger partial charge is 0.333 e. The average molecular weight is 296 g/mol. The van der Waals surface area contributed by atoms with Gasteiger partial charge in [0.05, 0.1) is 0 Å². The van der Waals surface area contributed by atoms with Crippen LogP contribution in [0.4, 0.5) is 0 Å². The van der Waals surface area contributed by atoms with Gasteiger partial charge in [0, 0.05) is 32.7 Å². The van der Waals surface area contributed by atoms with Crippen molar-refractivity contribution < 1.29 is 0 Å². The number of allylic oxidation sites excluding steroid dienone is 1. The second-order valence-electron chi connectivity index (χ2n) is 8.10. The number of fused-ring (bicyclic) bond motifs is 1. The molecule has 3 fully saturated rings. The van der Waals surface area contributed by atoms with E-state index < -0.39 is 0 Å². The fraction of sp³-hybridized carbons (Fsp3) is 0.889. The Morgan fingerprint density at radius 2 is 1.62 bits per heavy atom. The summed E-state index contributed by atoms with van der Waals surface area (Å²) in [4.78, 5) is 5.11. The second kappa shape index (κ2) is 7.75. The van der Waals surface area contributed by atoms with Crippen LogP contribution in [0, 0.1) is 16.7 Å². The smallest absolute Gasteiger partial charge is 0.0110 e. The molecule has 124 valence electrons. The van der Waals surface area contributed by atoms with Crippen LogP contribution >= 0.6 is 0 Å². The van der Waals surface area contributed by atoms with E-state index in [0.717, 1.165) is 17.8 Å². The fourth-order valence-electron chi connectivity index (χ4n) is 2.95. The lowest BCUT2D eigenvalue weighted by Gasteiger charge is -2.33. The molecule has 1 heterocycles. The molecular formula is C18H37N3. The highest BCUT2D eigenvalue weighted by Gasteiger charge is 2.69.